The number of piperidine rings is 2. The van der Waals surface area contributed by atoms with Gasteiger partial charge in [0.1, 0.15) is 0 Å². The molecule has 112 valence electrons. The molecule has 0 amide bonds. The Morgan fingerprint density at radius 3 is 2.05 bits per heavy atom. The Balaban J connectivity index is 1.98. The van der Waals surface area contributed by atoms with Crippen LogP contribution in [0.4, 0.5) is 0 Å². The van der Waals surface area contributed by atoms with Gasteiger partial charge < -0.3 is 5.73 Å². The SMILES string of the molecule is CC1CCN(S(=O)(=O)N2CCC(C)(CN)CC2)CC1. The predicted molar refractivity (Wildman–Crippen MR) is 76.9 cm³/mol. The highest BCUT2D eigenvalue weighted by Gasteiger charge is 2.37. The van der Waals surface area contributed by atoms with E-state index in [2.05, 4.69) is 13.8 Å². The number of hydrogen-bond acceptors (Lipinski definition) is 3. The van der Waals surface area contributed by atoms with Crippen LogP contribution in [-0.2, 0) is 10.2 Å². The molecule has 0 bridgehead atoms. The van der Waals surface area contributed by atoms with E-state index in [0.717, 1.165) is 25.7 Å². The summed E-state index contributed by atoms with van der Waals surface area (Å²) < 4.78 is 28.5. The van der Waals surface area contributed by atoms with E-state index in [0.29, 0.717) is 38.6 Å². The molecule has 0 unspecified atom stereocenters. The zero-order chi connectivity index (χ0) is 14.1. The Labute approximate surface area is 117 Å². The normalized spacial score (nSPS) is 27.5. The third-order valence-electron chi connectivity index (χ3n) is 4.82. The van der Waals surface area contributed by atoms with Crippen molar-refractivity contribution in [3.8, 4) is 0 Å². The number of nitrogens with two attached hydrogens (primary N) is 1. The molecule has 0 aliphatic carbocycles. The zero-order valence-electron chi connectivity index (χ0n) is 12.1. The average Bonchev–Trinajstić information content (AvgIpc) is 2.40. The van der Waals surface area contributed by atoms with Crippen LogP contribution in [0.5, 0.6) is 0 Å². The first-order valence-corrected chi connectivity index (χ1v) is 8.72. The highest BCUT2D eigenvalue weighted by Crippen LogP contribution is 2.32. The van der Waals surface area contributed by atoms with Crippen LogP contribution in [0.15, 0.2) is 0 Å². The number of hydrogen-bond donors (Lipinski definition) is 1. The Morgan fingerprint density at radius 2 is 1.58 bits per heavy atom. The summed E-state index contributed by atoms with van der Waals surface area (Å²) in [5.41, 5.74) is 5.89. The lowest BCUT2D eigenvalue weighted by Gasteiger charge is -2.40. The van der Waals surface area contributed by atoms with Crippen molar-refractivity contribution in [3.63, 3.8) is 0 Å². The van der Waals surface area contributed by atoms with Gasteiger partial charge in [-0.1, -0.05) is 13.8 Å². The standard InChI is InChI=1S/C13H27N3O2S/c1-12-3-7-15(8-4-12)19(17,18)16-9-5-13(2,11-14)6-10-16/h12H,3-11,14H2,1-2H3. The number of rotatable bonds is 3. The van der Waals surface area contributed by atoms with Gasteiger partial charge in [0.2, 0.25) is 0 Å². The second kappa shape index (κ2) is 5.68. The molecule has 2 aliphatic heterocycles. The van der Waals surface area contributed by atoms with Gasteiger partial charge in [-0.15, -0.1) is 0 Å². The van der Waals surface area contributed by atoms with Crippen molar-refractivity contribution in [2.45, 2.75) is 39.5 Å². The minimum absolute atomic E-state index is 0.114. The van der Waals surface area contributed by atoms with Crippen LogP contribution >= 0.6 is 0 Å². The maximum Gasteiger partial charge on any atom is 0.281 e. The molecule has 6 heteroatoms. The van der Waals surface area contributed by atoms with E-state index in [4.69, 9.17) is 5.73 Å². The fraction of sp³-hybridized carbons (Fsp3) is 1.00. The van der Waals surface area contributed by atoms with Crippen molar-refractivity contribution < 1.29 is 8.42 Å². The molecule has 2 saturated heterocycles. The Bertz CT molecular complexity index is 394. The minimum atomic E-state index is -3.24. The van der Waals surface area contributed by atoms with Gasteiger partial charge in [-0.25, -0.2) is 0 Å². The number of nitrogens with zero attached hydrogens (tertiary/aromatic N) is 2. The first kappa shape index (κ1) is 15.2. The van der Waals surface area contributed by atoms with E-state index in [1.165, 1.54) is 0 Å². The Kier molecular flexibility index (Phi) is 4.55. The van der Waals surface area contributed by atoms with Crippen LogP contribution in [0.25, 0.3) is 0 Å². The molecule has 19 heavy (non-hydrogen) atoms. The van der Waals surface area contributed by atoms with Crippen molar-refractivity contribution in [2.75, 3.05) is 32.7 Å². The third kappa shape index (κ3) is 3.29. The molecular weight excluding hydrogens is 262 g/mol. The second-order valence-corrected chi connectivity index (χ2v) is 8.43. The molecule has 2 N–H and O–H groups in total. The lowest BCUT2D eigenvalue weighted by Crippen LogP contribution is -2.51. The summed E-state index contributed by atoms with van der Waals surface area (Å²) in [5, 5.41) is 0. The van der Waals surface area contributed by atoms with Crippen LogP contribution in [0.3, 0.4) is 0 Å². The largest absolute Gasteiger partial charge is 0.330 e. The summed E-state index contributed by atoms with van der Waals surface area (Å²) in [4.78, 5) is 0. The highest BCUT2D eigenvalue weighted by molar-refractivity contribution is 7.86. The van der Waals surface area contributed by atoms with Crippen LogP contribution in [0, 0.1) is 11.3 Å². The summed E-state index contributed by atoms with van der Waals surface area (Å²) in [7, 11) is -3.24. The molecule has 0 saturated carbocycles. The molecule has 5 nitrogen and oxygen atoms in total. The van der Waals surface area contributed by atoms with Gasteiger partial charge in [0.15, 0.2) is 0 Å². The summed E-state index contributed by atoms with van der Waals surface area (Å²) in [6.45, 7) is 7.56. The molecule has 0 atom stereocenters. The third-order valence-corrected chi connectivity index (χ3v) is 6.85. The van der Waals surface area contributed by atoms with Crippen molar-refractivity contribution >= 4 is 10.2 Å². The van der Waals surface area contributed by atoms with Gasteiger partial charge in [-0.3, -0.25) is 0 Å². The lowest BCUT2D eigenvalue weighted by molar-refractivity contribution is 0.171. The molecule has 0 spiro atoms. The zero-order valence-corrected chi connectivity index (χ0v) is 13.0. The van der Waals surface area contributed by atoms with E-state index in [1.807, 2.05) is 0 Å². The summed E-state index contributed by atoms with van der Waals surface area (Å²) in [6, 6.07) is 0. The molecule has 2 heterocycles. The summed E-state index contributed by atoms with van der Waals surface area (Å²) >= 11 is 0. The predicted octanol–water partition coefficient (Wildman–Crippen LogP) is 1.02. The van der Waals surface area contributed by atoms with Gasteiger partial charge in [0, 0.05) is 26.2 Å². The van der Waals surface area contributed by atoms with Crippen molar-refractivity contribution in [1.29, 1.82) is 0 Å². The minimum Gasteiger partial charge on any atom is -0.330 e. The van der Waals surface area contributed by atoms with E-state index in [9.17, 15) is 8.42 Å². The topological polar surface area (TPSA) is 66.6 Å². The van der Waals surface area contributed by atoms with Gasteiger partial charge in [-0.2, -0.15) is 17.0 Å². The first-order chi connectivity index (χ1) is 8.87. The summed E-state index contributed by atoms with van der Waals surface area (Å²) in [6.07, 6.45) is 3.70. The maximum atomic E-state index is 12.6. The molecule has 0 aromatic rings. The summed E-state index contributed by atoms with van der Waals surface area (Å²) in [5.74, 6) is 0.647. The van der Waals surface area contributed by atoms with Crippen LogP contribution in [0.1, 0.15) is 39.5 Å². The van der Waals surface area contributed by atoms with Crippen molar-refractivity contribution in [3.05, 3.63) is 0 Å². The molecule has 0 aromatic carbocycles. The van der Waals surface area contributed by atoms with Crippen LogP contribution in [0.2, 0.25) is 0 Å². The maximum absolute atomic E-state index is 12.6. The Morgan fingerprint density at radius 1 is 1.11 bits per heavy atom. The molecule has 2 fully saturated rings. The van der Waals surface area contributed by atoms with Crippen LogP contribution in [-0.4, -0.2) is 49.8 Å². The fourth-order valence-electron chi connectivity index (χ4n) is 2.84. The highest BCUT2D eigenvalue weighted by atomic mass is 32.2. The Hall–Kier alpha value is -0.170. The monoisotopic (exact) mass is 289 g/mol. The van der Waals surface area contributed by atoms with Crippen molar-refractivity contribution in [2.24, 2.45) is 17.1 Å². The molecule has 2 aliphatic rings. The van der Waals surface area contributed by atoms with Gasteiger partial charge in [0.05, 0.1) is 0 Å². The van der Waals surface area contributed by atoms with Crippen LogP contribution < -0.4 is 5.73 Å². The molecule has 0 radical (unpaired) electrons. The van der Waals surface area contributed by atoms with E-state index < -0.39 is 10.2 Å². The molecular formula is C13H27N3O2S. The van der Waals surface area contributed by atoms with E-state index in [1.54, 1.807) is 8.61 Å². The average molecular weight is 289 g/mol. The molecule has 2 rings (SSSR count). The van der Waals surface area contributed by atoms with Gasteiger partial charge in [0.25, 0.3) is 10.2 Å². The van der Waals surface area contributed by atoms with Gasteiger partial charge in [-0.05, 0) is 43.6 Å². The first-order valence-electron chi connectivity index (χ1n) is 7.33. The van der Waals surface area contributed by atoms with E-state index in [-0.39, 0.29) is 5.41 Å². The van der Waals surface area contributed by atoms with E-state index >= 15 is 0 Å². The van der Waals surface area contributed by atoms with Crippen molar-refractivity contribution in [1.82, 2.24) is 8.61 Å². The quantitative estimate of drug-likeness (QED) is 0.843. The molecule has 0 aromatic heterocycles. The smallest absolute Gasteiger partial charge is 0.281 e. The fourth-order valence-corrected chi connectivity index (χ4v) is 4.48. The van der Waals surface area contributed by atoms with Gasteiger partial charge >= 0.3 is 0 Å². The lowest BCUT2D eigenvalue weighted by atomic mass is 9.81. The second-order valence-electron chi connectivity index (χ2n) is 6.50.